The normalized spacial score (nSPS) is 19.0. The molecular weight excluding hydrogens is 523 g/mol. The summed E-state index contributed by atoms with van der Waals surface area (Å²) in [5.41, 5.74) is -1.11. The third-order valence-electron chi connectivity index (χ3n) is 6.48. The zero-order chi connectivity index (χ0) is 28.3. The van der Waals surface area contributed by atoms with Crippen LogP contribution in [0.15, 0.2) is 53.3 Å². The first-order valence-corrected chi connectivity index (χ1v) is 12.0. The molecule has 1 fully saturated rings. The highest BCUT2D eigenvalue weighted by atomic mass is 19.4. The van der Waals surface area contributed by atoms with Crippen molar-refractivity contribution in [3.8, 4) is 11.3 Å². The number of alkyl halides is 3. The number of ether oxygens (including phenoxy) is 1. The number of aromatic nitrogens is 1. The van der Waals surface area contributed by atoms with E-state index in [0.29, 0.717) is 10.9 Å². The van der Waals surface area contributed by atoms with Crippen molar-refractivity contribution in [1.82, 2.24) is 15.6 Å². The minimum Gasteiger partial charge on any atom is -0.447 e. The van der Waals surface area contributed by atoms with Gasteiger partial charge in [0, 0.05) is 23.2 Å². The van der Waals surface area contributed by atoms with E-state index < -0.39 is 54.2 Å². The number of hydrogen-bond acceptors (Lipinski definition) is 7. The maximum absolute atomic E-state index is 13.5. The number of benzene rings is 2. The van der Waals surface area contributed by atoms with Crippen molar-refractivity contribution in [1.29, 1.82) is 0 Å². The van der Waals surface area contributed by atoms with Crippen molar-refractivity contribution in [2.24, 2.45) is 0 Å². The summed E-state index contributed by atoms with van der Waals surface area (Å²) in [5, 5.41) is 33.2. The number of alkyl carbamates (subject to hydrolysis) is 1. The molecule has 2 aromatic carbocycles. The molecule has 0 aliphatic carbocycles. The SMILES string of the molecule is O=C(NC[C@@H](O)[C@@H](O)CO)OCC1C[C@@H](c2ccc3cc(-c4ccccc4C(F)(F)F)[nH]c(=O)c3c2)C(=O)N1. The minimum absolute atomic E-state index is 0.0145. The van der Waals surface area contributed by atoms with Gasteiger partial charge in [-0.3, -0.25) is 9.59 Å². The summed E-state index contributed by atoms with van der Waals surface area (Å²) in [6, 6.07) is 10.6. The molecule has 0 bridgehead atoms. The molecule has 39 heavy (non-hydrogen) atoms. The van der Waals surface area contributed by atoms with Gasteiger partial charge < -0.3 is 35.7 Å². The van der Waals surface area contributed by atoms with Gasteiger partial charge in [-0.25, -0.2) is 4.79 Å². The topological polar surface area (TPSA) is 161 Å². The largest absolute Gasteiger partial charge is 0.447 e. The number of halogens is 3. The van der Waals surface area contributed by atoms with Crippen LogP contribution in [0, 0.1) is 0 Å². The lowest BCUT2D eigenvalue weighted by Gasteiger charge is -2.16. The van der Waals surface area contributed by atoms with Crippen molar-refractivity contribution in [2.75, 3.05) is 19.8 Å². The Balaban J connectivity index is 1.45. The highest BCUT2D eigenvalue weighted by molar-refractivity contribution is 5.90. The molecule has 4 atom stereocenters. The van der Waals surface area contributed by atoms with E-state index in [1.54, 1.807) is 12.1 Å². The number of hydrogen-bond donors (Lipinski definition) is 6. The molecule has 4 rings (SSSR count). The number of aromatic amines is 1. The molecule has 0 saturated carbocycles. The summed E-state index contributed by atoms with van der Waals surface area (Å²) in [6.45, 7) is -1.21. The van der Waals surface area contributed by atoms with Gasteiger partial charge in [0.15, 0.2) is 0 Å². The van der Waals surface area contributed by atoms with E-state index >= 15 is 0 Å². The van der Waals surface area contributed by atoms with Crippen LogP contribution in [0.3, 0.4) is 0 Å². The number of pyridine rings is 1. The lowest BCUT2D eigenvalue weighted by Crippen LogP contribution is -2.41. The molecule has 10 nitrogen and oxygen atoms in total. The number of aliphatic hydroxyl groups excluding tert-OH is 3. The summed E-state index contributed by atoms with van der Waals surface area (Å²) in [4.78, 5) is 39.8. The monoisotopic (exact) mass is 549 g/mol. The second kappa shape index (κ2) is 11.4. The molecule has 0 spiro atoms. The highest BCUT2D eigenvalue weighted by Gasteiger charge is 2.35. The van der Waals surface area contributed by atoms with E-state index in [2.05, 4.69) is 15.6 Å². The number of carbonyl (C=O) groups is 2. The Morgan fingerprint density at radius 1 is 1.10 bits per heavy atom. The molecule has 2 heterocycles. The second-order valence-corrected chi connectivity index (χ2v) is 9.19. The van der Waals surface area contributed by atoms with Gasteiger partial charge in [0.1, 0.15) is 12.7 Å². The lowest BCUT2D eigenvalue weighted by atomic mass is 9.93. The highest BCUT2D eigenvalue weighted by Crippen LogP contribution is 2.37. The second-order valence-electron chi connectivity index (χ2n) is 9.19. The number of H-pyrrole nitrogens is 1. The van der Waals surface area contributed by atoms with Crippen LogP contribution < -0.4 is 16.2 Å². The molecule has 1 unspecified atom stereocenters. The molecular formula is C26H26F3N3O7. The van der Waals surface area contributed by atoms with Crippen molar-refractivity contribution in [2.45, 2.75) is 36.8 Å². The third-order valence-corrected chi connectivity index (χ3v) is 6.48. The maximum Gasteiger partial charge on any atom is 0.417 e. The van der Waals surface area contributed by atoms with Crippen molar-refractivity contribution >= 4 is 22.8 Å². The van der Waals surface area contributed by atoms with Gasteiger partial charge in [-0.1, -0.05) is 30.3 Å². The van der Waals surface area contributed by atoms with Crippen LogP contribution in [0.2, 0.25) is 0 Å². The van der Waals surface area contributed by atoms with Gasteiger partial charge in [0.25, 0.3) is 5.56 Å². The van der Waals surface area contributed by atoms with E-state index in [9.17, 15) is 37.8 Å². The quantitative estimate of drug-likeness (QED) is 0.249. The Kier molecular flexibility index (Phi) is 8.23. The fourth-order valence-corrected chi connectivity index (χ4v) is 4.43. The van der Waals surface area contributed by atoms with E-state index in [1.807, 2.05) is 0 Å². The van der Waals surface area contributed by atoms with Gasteiger partial charge in [0.05, 0.1) is 30.2 Å². The number of nitrogens with one attached hydrogen (secondary N) is 3. The summed E-state index contributed by atoms with van der Waals surface area (Å²) in [6.07, 6.45) is -8.05. The molecule has 208 valence electrons. The van der Waals surface area contributed by atoms with E-state index in [0.717, 1.165) is 6.07 Å². The summed E-state index contributed by atoms with van der Waals surface area (Å²) < 4.78 is 45.4. The van der Waals surface area contributed by atoms with E-state index in [1.165, 1.54) is 30.3 Å². The number of rotatable bonds is 8. The molecule has 13 heteroatoms. The van der Waals surface area contributed by atoms with Crippen molar-refractivity contribution < 1.29 is 42.8 Å². The van der Waals surface area contributed by atoms with Crippen LogP contribution in [0.1, 0.15) is 23.5 Å². The zero-order valence-corrected chi connectivity index (χ0v) is 20.4. The molecule has 0 radical (unpaired) electrons. The van der Waals surface area contributed by atoms with Gasteiger partial charge in [-0.15, -0.1) is 0 Å². The van der Waals surface area contributed by atoms with Crippen molar-refractivity contribution in [3.05, 3.63) is 70.0 Å². The van der Waals surface area contributed by atoms with Crippen LogP contribution in [-0.2, 0) is 15.7 Å². The number of carbonyl (C=O) groups excluding carboxylic acids is 2. The Labute approximate surface area is 219 Å². The number of fused-ring (bicyclic) bond motifs is 1. The van der Waals surface area contributed by atoms with E-state index in [4.69, 9.17) is 9.84 Å². The average molecular weight is 550 g/mol. The fourth-order valence-electron chi connectivity index (χ4n) is 4.43. The lowest BCUT2D eigenvalue weighted by molar-refractivity contribution is -0.137. The Morgan fingerprint density at radius 3 is 2.56 bits per heavy atom. The molecule has 1 saturated heterocycles. The standard InChI is InChI=1S/C26H26F3N3O7/c27-26(28,29)19-4-2-1-3-16(19)20-8-14-6-5-13(7-17(14)24(37)32-20)18-9-15(31-23(18)36)12-39-25(38)30-10-21(34)22(35)11-33/h1-8,15,18,21-22,33-35H,9-12H2,(H,30,38)(H,31,36)(H,32,37)/t15?,18-,21+,22-/m0/s1. The number of aliphatic hydroxyl groups is 3. The van der Waals surface area contributed by atoms with Gasteiger partial charge in [-0.2, -0.15) is 13.2 Å². The van der Waals surface area contributed by atoms with Crippen LogP contribution in [0.4, 0.5) is 18.0 Å². The summed E-state index contributed by atoms with van der Waals surface area (Å²) >= 11 is 0. The molecule has 3 aromatic rings. The molecule has 1 aliphatic heterocycles. The zero-order valence-electron chi connectivity index (χ0n) is 20.4. The first-order chi connectivity index (χ1) is 18.5. The smallest absolute Gasteiger partial charge is 0.417 e. The van der Waals surface area contributed by atoms with Crippen LogP contribution in [0.5, 0.6) is 0 Å². The predicted molar refractivity (Wildman–Crippen MR) is 133 cm³/mol. The number of amides is 2. The van der Waals surface area contributed by atoms with Gasteiger partial charge in [0.2, 0.25) is 5.91 Å². The first kappa shape index (κ1) is 28.1. The average Bonchev–Trinajstić information content (AvgIpc) is 3.29. The Morgan fingerprint density at radius 2 is 1.85 bits per heavy atom. The Bertz CT molecular complexity index is 1430. The summed E-state index contributed by atoms with van der Waals surface area (Å²) in [7, 11) is 0. The summed E-state index contributed by atoms with van der Waals surface area (Å²) in [5.74, 6) is -1.00. The van der Waals surface area contributed by atoms with Crippen LogP contribution in [0.25, 0.3) is 22.0 Å². The van der Waals surface area contributed by atoms with Gasteiger partial charge in [-0.05, 0) is 35.6 Å². The maximum atomic E-state index is 13.5. The molecule has 6 N–H and O–H groups in total. The van der Waals surface area contributed by atoms with Crippen LogP contribution >= 0.6 is 0 Å². The third kappa shape index (κ3) is 6.38. The predicted octanol–water partition coefficient (Wildman–Crippen LogP) is 1.63. The molecule has 1 aliphatic rings. The Hall–Kier alpha value is -3.94. The van der Waals surface area contributed by atoms with Gasteiger partial charge >= 0.3 is 12.3 Å². The van der Waals surface area contributed by atoms with Crippen molar-refractivity contribution in [3.63, 3.8) is 0 Å². The molecule has 2 amide bonds. The van der Waals surface area contributed by atoms with Crippen LogP contribution in [-0.4, -0.2) is 70.3 Å². The van der Waals surface area contributed by atoms with E-state index in [-0.39, 0.29) is 42.1 Å². The fraction of sp³-hybridized carbons (Fsp3) is 0.346. The first-order valence-electron chi connectivity index (χ1n) is 12.0. The minimum atomic E-state index is -4.60. The molecule has 1 aromatic heterocycles.